The maximum absolute atomic E-state index is 11.2. The number of nitrogens with one attached hydrogen (secondary N) is 1. The van der Waals surface area contributed by atoms with Crippen LogP contribution in [0, 0.1) is 4.91 Å². The van der Waals surface area contributed by atoms with Crippen molar-refractivity contribution in [2.24, 2.45) is 5.18 Å². The predicted octanol–water partition coefficient (Wildman–Crippen LogP) is 2.38. The smallest absolute Gasteiger partial charge is 0.344 e. The van der Waals surface area contributed by atoms with Gasteiger partial charge >= 0.3 is 5.97 Å². The number of benzene rings is 1. The highest BCUT2D eigenvalue weighted by atomic mass is 16.6. The van der Waals surface area contributed by atoms with Crippen molar-refractivity contribution in [3.63, 3.8) is 0 Å². The van der Waals surface area contributed by atoms with Gasteiger partial charge in [0.25, 0.3) is 0 Å². The largest absolute Gasteiger partial charge is 0.482 e. The number of nitroso groups, excluding NO2 is 1. The van der Waals surface area contributed by atoms with Crippen molar-refractivity contribution in [3.05, 3.63) is 34.9 Å². The average Bonchev–Trinajstić information content (AvgIpc) is 2.80. The van der Waals surface area contributed by atoms with Gasteiger partial charge in [-0.2, -0.15) is 4.91 Å². The molecule has 2 aromatic rings. The van der Waals surface area contributed by atoms with E-state index in [1.165, 1.54) is 0 Å². The van der Waals surface area contributed by atoms with Gasteiger partial charge in [-0.3, -0.25) is 0 Å². The third kappa shape index (κ3) is 3.09. The molecule has 0 unspecified atom stereocenters. The number of hydrogen-bond acceptors (Lipinski definition) is 5. The molecular formula is C13H14N2O4. The Hall–Kier alpha value is -2.37. The van der Waals surface area contributed by atoms with Gasteiger partial charge < -0.3 is 14.5 Å². The molecule has 100 valence electrons. The van der Waals surface area contributed by atoms with Crippen LogP contribution in [0.1, 0.15) is 12.5 Å². The van der Waals surface area contributed by atoms with Crippen molar-refractivity contribution in [2.75, 3.05) is 13.2 Å². The molecule has 1 aromatic carbocycles. The molecular weight excluding hydrogens is 248 g/mol. The third-order valence-electron chi connectivity index (χ3n) is 2.64. The van der Waals surface area contributed by atoms with E-state index in [9.17, 15) is 9.70 Å². The number of carbonyl (C=O) groups excluding carboxylic acids is 1. The van der Waals surface area contributed by atoms with Crippen molar-refractivity contribution < 1.29 is 14.3 Å². The number of rotatable bonds is 6. The molecule has 0 bridgehead atoms. The van der Waals surface area contributed by atoms with Gasteiger partial charge in [-0.05, 0) is 25.1 Å². The number of esters is 1. The summed E-state index contributed by atoms with van der Waals surface area (Å²) in [6, 6.07) is 5.34. The van der Waals surface area contributed by atoms with Gasteiger partial charge in [-0.15, -0.1) is 0 Å². The van der Waals surface area contributed by atoms with E-state index in [4.69, 9.17) is 9.47 Å². The lowest BCUT2D eigenvalue weighted by Crippen LogP contribution is -2.14. The van der Waals surface area contributed by atoms with Crippen LogP contribution in [-0.4, -0.2) is 24.2 Å². The first-order valence-corrected chi connectivity index (χ1v) is 5.92. The first-order chi connectivity index (χ1) is 9.24. The fraction of sp³-hybridized carbons (Fsp3) is 0.308. The molecule has 6 heteroatoms. The maximum Gasteiger partial charge on any atom is 0.344 e. The first-order valence-electron chi connectivity index (χ1n) is 5.92. The van der Waals surface area contributed by atoms with Crippen LogP contribution in [0.25, 0.3) is 10.9 Å². The minimum absolute atomic E-state index is 0.0985. The summed E-state index contributed by atoms with van der Waals surface area (Å²) < 4.78 is 10.1. The second-order valence-electron chi connectivity index (χ2n) is 3.90. The van der Waals surface area contributed by atoms with E-state index < -0.39 is 5.97 Å². The molecule has 0 aliphatic carbocycles. The Morgan fingerprint density at radius 2 is 2.26 bits per heavy atom. The minimum atomic E-state index is -0.411. The van der Waals surface area contributed by atoms with Crippen molar-refractivity contribution in [1.29, 1.82) is 0 Å². The second-order valence-corrected chi connectivity index (χ2v) is 3.90. The van der Waals surface area contributed by atoms with E-state index in [-0.39, 0.29) is 13.2 Å². The Balaban J connectivity index is 2.13. The zero-order valence-corrected chi connectivity index (χ0v) is 10.5. The summed E-state index contributed by atoms with van der Waals surface area (Å²) in [5.41, 5.74) is 1.69. The monoisotopic (exact) mass is 262 g/mol. The molecule has 0 saturated carbocycles. The summed E-state index contributed by atoms with van der Waals surface area (Å²) in [6.07, 6.45) is 1.74. The molecule has 1 heterocycles. The van der Waals surface area contributed by atoms with E-state index in [1.807, 2.05) is 6.07 Å². The van der Waals surface area contributed by atoms with E-state index in [0.717, 1.165) is 16.5 Å². The number of fused-ring (bicyclic) bond motifs is 1. The number of aromatic amines is 1. The third-order valence-corrected chi connectivity index (χ3v) is 2.64. The Kier molecular flexibility index (Phi) is 4.12. The van der Waals surface area contributed by atoms with Crippen molar-refractivity contribution in [1.82, 2.24) is 4.98 Å². The summed E-state index contributed by atoms with van der Waals surface area (Å²) in [5, 5.41) is 3.73. The van der Waals surface area contributed by atoms with Crippen LogP contribution >= 0.6 is 0 Å². The van der Waals surface area contributed by atoms with Crippen LogP contribution < -0.4 is 4.74 Å². The molecule has 0 amide bonds. The van der Waals surface area contributed by atoms with Crippen LogP contribution in [0.5, 0.6) is 5.75 Å². The molecule has 1 N–H and O–H groups in total. The maximum atomic E-state index is 11.2. The van der Waals surface area contributed by atoms with E-state index >= 15 is 0 Å². The highest BCUT2D eigenvalue weighted by Gasteiger charge is 2.07. The second kappa shape index (κ2) is 5.99. The van der Waals surface area contributed by atoms with Gasteiger partial charge in [0.05, 0.1) is 6.61 Å². The molecule has 0 saturated heterocycles. The quantitative estimate of drug-likeness (QED) is 0.640. The van der Waals surface area contributed by atoms with Gasteiger partial charge in [-0.25, -0.2) is 4.79 Å². The normalized spacial score (nSPS) is 10.4. The lowest BCUT2D eigenvalue weighted by atomic mass is 10.1. The Morgan fingerprint density at radius 1 is 1.42 bits per heavy atom. The molecule has 0 atom stereocenters. The Labute approximate surface area is 109 Å². The van der Waals surface area contributed by atoms with Gasteiger partial charge in [0.15, 0.2) is 6.61 Å². The summed E-state index contributed by atoms with van der Waals surface area (Å²) in [7, 11) is 0. The Morgan fingerprint density at radius 3 is 3.00 bits per heavy atom. The summed E-state index contributed by atoms with van der Waals surface area (Å²) in [6.45, 7) is 2.03. The fourth-order valence-corrected chi connectivity index (χ4v) is 1.79. The zero-order valence-electron chi connectivity index (χ0n) is 10.5. The fourth-order valence-electron chi connectivity index (χ4n) is 1.79. The SMILES string of the molecule is CCOC(=O)COc1ccc2[nH]cc(CN=O)c2c1. The number of H-pyrrole nitrogens is 1. The topological polar surface area (TPSA) is 80.8 Å². The van der Waals surface area contributed by atoms with Crippen LogP contribution in [0.4, 0.5) is 0 Å². The van der Waals surface area contributed by atoms with Gasteiger partial charge in [0.2, 0.25) is 0 Å². The zero-order chi connectivity index (χ0) is 13.7. The predicted molar refractivity (Wildman–Crippen MR) is 69.9 cm³/mol. The number of hydrogen-bond donors (Lipinski definition) is 1. The number of nitrogens with zero attached hydrogens (tertiary/aromatic N) is 1. The molecule has 0 aliphatic heterocycles. The van der Waals surface area contributed by atoms with E-state index in [2.05, 4.69) is 10.2 Å². The minimum Gasteiger partial charge on any atom is -0.482 e. The van der Waals surface area contributed by atoms with Crippen molar-refractivity contribution in [2.45, 2.75) is 13.5 Å². The van der Waals surface area contributed by atoms with E-state index in [0.29, 0.717) is 12.4 Å². The van der Waals surface area contributed by atoms with Crippen LogP contribution in [0.2, 0.25) is 0 Å². The molecule has 2 rings (SSSR count). The number of ether oxygens (including phenoxy) is 2. The van der Waals surface area contributed by atoms with Gasteiger partial charge in [-0.1, -0.05) is 5.18 Å². The summed E-state index contributed by atoms with van der Waals surface area (Å²) in [4.78, 5) is 24.6. The lowest BCUT2D eigenvalue weighted by Gasteiger charge is -2.06. The molecule has 1 aromatic heterocycles. The molecule has 0 aliphatic rings. The van der Waals surface area contributed by atoms with Crippen LogP contribution in [0.15, 0.2) is 29.6 Å². The van der Waals surface area contributed by atoms with Gasteiger partial charge in [0, 0.05) is 22.7 Å². The molecule has 0 spiro atoms. The highest BCUT2D eigenvalue weighted by molar-refractivity contribution is 5.84. The first kappa shape index (κ1) is 13.1. The molecule has 0 fully saturated rings. The van der Waals surface area contributed by atoms with E-state index in [1.54, 1.807) is 25.3 Å². The molecule has 0 radical (unpaired) electrons. The molecule has 19 heavy (non-hydrogen) atoms. The number of aromatic nitrogens is 1. The van der Waals surface area contributed by atoms with Crippen molar-refractivity contribution >= 4 is 16.9 Å². The van der Waals surface area contributed by atoms with Crippen molar-refractivity contribution in [3.8, 4) is 5.75 Å². The highest BCUT2D eigenvalue weighted by Crippen LogP contribution is 2.24. The molecule has 6 nitrogen and oxygen atoms in total. The van der Waals surface area contributed by atoms with Crippen LogP contribution in [-0.2, 0) is 16.1 Å². The number of carbonyl (C=O) groups is 1. The standard InChI is InChI=1S/C13H14N2O4/c1-2-18-13(16)8-19-10-3-4-12-11(5-10)9(6-14-12)7-15-17/h3-6,14H,2,7-8H2,1H3. The van der Waals surface area contributed by atoms with Crippen LogP contribution in [0.3, 0.4) is 0 Å². The Bertz CT molecular complexity index is 591. The van der Waals surface area contributed by atoms with Gasteiger partial charge in [0.1, 0.15) is 12.3 Å². The lowest BCUT2D eigenvalue weighted by molar-refractivity contribution is -0.145. The summed E-state index contributed by atoms with van der Waals surface area (Å²) in [5.74, 6) is 0.138. The average molecular weight is 262 g/mol. The summed E-state index contributed by atoms with van der Waals surface area (Å²) >= 11 is 0.